The van der Waals surface area contributed by atoms with E-state index in [-0.39, 0.29) is 25.6 Å². The van der Waals surface area contributed by atoms with E-state index in [2.05, 4.69) is 14.9 Å². The predicted octanol–water partition coefficient (Wildman–Crippen LogP) is 3.86. The quantitative estimate of drug-likeness (QED) is 0.266. The van der Waals surface area contributed by atoms with Crippen LogP contribution in [0.15, 0.2) is 65.8 Å². The lowest BCUT2D eigenvalue weighted by Crippen LogP contribution is -2.40. The van der Waals surface area contributed by atoms with Crippen molar-refractivity contribution < 1.29 is 14.6 Å². The normalized spacial score (nSPS) is 11.7. The largest absolute Gasteiger partial charge is 0.481 e. The third kappa shape index (κ3) is 7.92. The van der Waals surface area contributed by atoms with Gasteiger partial charge in [-0.15, -0.1) is 0 Å². The zero-order valence-corrected chi connectivity index (χ0v) is 15.1. The van der Waals surface area contributed by atoms with E-state index >= 15 is 0 Å². The van der Waals surface area contributed by atoms with Gasteiger partial charge in [0.1, 0.15) is 0 Å². The summed E-state index contributed by atoms with van der Waals surface area (Å²) in [4.78, 5) is 15.7. The fourth-order valence-electron chi connectivity index (χ4n) is 2.73. The molecule has 2 aromatic carbocycles. The Labute approximate surface area is 158 Å². The monoisotopic (exact) mass is 368 g/mol. The molecule has 0 aromatic heterocycles. The zero-order chi connectivity index (χ0) is 19.3. The van der Waals surface area contributed by atoms with Crippen molar-refractivity contribution in [3.63, 3.8) is 0 Å². The number of carboxylic acids is 1. The summed E-state index contributed by atoms with van der Waals surface area (Å²) >= 11 is 0. The highest BCUT2D eigenvalue weighted by Crippen LogP contribution is 2.15. The molecule has 0 radical (unpaired) electrons. The van der Waals surface area contributed by atoms with Gasteiger partial charge in [-0.1, -0.05) is 65.8 Å². The van der Waals surface area contributed by atoms with E-state index in [0.29, 0.717) is 19.7 Å². The van der Waals surface area contributed by atoms with Crippen LogP contribution < -0.4 is 0 Å². The fraction of sp³-hybridized carbons (Fsp3) is 0.350. The molecule has 2 aromatic rings. The zero-order valence-electron chi connectivity index (χ0n) is 15.1. The first-order chi connectivity index (χ1) is 13.2. The fourth-order valence-corrected chi connectivity index (χ4v) is 2.73. The number of azide groups is 1. The van der Waals surface area contributed by atoms with Crippen LogP contribution in [0.4, 0.5) is 0 Å². The minimum atomic E-state index is -0.896. The van der Waals surface area contributed by atoms with Crippen molar-refractivity contribution in [2.75, 3.05) is 19.8 Å². The van der Waals surface area contributed by atoms with Crippen LogP contribution in [-0.2, 0) is 22.6 Å². The minimum Gasteiger partial charge on any atom is -0.481 e. The molecule has 0 bridgehead atoms. The van der Waals surface area contributed by atoms with Crippen molar-refractivity contribution in [2.45, 2.75) is 25.6 Å². The Morgan fingerprint density at radius 3 is 2.11 bits per heavy atom. The molecule has 0 aliphatic rings. The van der Waals surface area contributed by atoms with E-state index < -0.39 is 5.97 Å². The van der Waals surface area contributed by atoms with Gasteiger partial charge in [-0.05, 0) is 16.7 Å². The number of carboxylic acid groups (broad SMARTS) is 1. The third-order valence-electron chi connectivity index (χ3n) is 4.10. The molecule has 7 heteroatoms. The molecule has 2 rings (SSSR count). The summed E-state index contributed by atoms with van der Waals surface area (Å²) in [5, 5.41) is 12.5. The molecule has 0 aliphatic carbocycles. The highest BCUT2D eigenvalue weighted by molar-refractivity contribution is 5.66. The molecule has 0 saturated heterocycles. The Hall–Kier alpha value is -2.86. The van der Waals surface area contributed by atoms with E-state index in [0.717, 1.165) is 11.1 Å². The molecule has 0 amide bonds. The number of nitrogens with zero attached hydrogens (tertiary/aromatic N) is 4. The van der Waals surface area contributed by atoms with Gasteiger partial charge < -0.3 is 9.84 Å². The third-order valence-corrected chi connectivity index (χ3v) is 4.10. The number of ether oxygens (including phenoxy) is 1. The van der Waals surface area contributed by atoms with Gasteiger partial charge in [0, 0.05) is 30.6 Å². The van der Waals surface area contributed by atoms with Crippen LogP contribution in [0.25, 0.3) is 10.4 Å². The second-order valence-electron chi connectivity index (χ2n) is 6.16. The van der Waals surface area contributed by atoms with Crippen molar-refractivity contribution in [1.29, 1.82) is 0 Å². The molecule has 0 spiro atoms. The van der Waals surface area contributed by atoms with Crippen molar-refractivity contribution in [1.82, 2.24) is 4.90 Å². The summed E-state index contributed by atoms with van der Waals surface area (Å²) in [6.45, 7) is 2.02. The molecule has 0 heterocycles. The van der Waals surface area contributed by atoms with Crippen molar-refractivity contribution in [3.8, 4) is 0 Å². The molecule has 0 saturated carbocycles. The summed E-state index contributed by atoms with van der Waals surface area (Å²) in [5.41, 5.74) is 11.0. The molecule has 142 valence electrons. The van der Waals surface area contributed by atoms with Crippen LogP contribution in [0.3, 0.4) is 0 Å². The first-order valence-electron chi connectivity index (χ1n) is 8.81. The first kappa shape index (κ1) is 20.5. The molecule has 1 N–H and O–H groups in total. The van der Waals surface area contributed by atoms with Crippen LogP contribution in [0.1, 0.15) is 17.5 Å². The summed E-state index contributed by atoms with van der Waals surface area (Å²) in [6.07, 6.45) is -0.0500. The Bertz CT molecular complexity index is 692. The number of carbonyl (C=O) groups is 1. The molecule has 0 fully saturated rings. The maximum absolute atomic E-state index is 10.7. The Balaban J connectivity index is 2.13. The summed E-state index contributed by atoms with van der Waals surface area (Å²) in [7, 11) is 0. The van der Waals surface area contributed by atoms with E-state index in [1.54, 1.807) is 0 Å². The lowest BCUT2D eigenvalue weighted by atomic mass is 10.1. The summed E-state index contributed by atoms with van der Waals surface area (Å²) < 4.78 is 5.55. The van der Waals surface area contributed by atoms with E-state index in [4.69, 9.17) is 15.4 Å². The van der Waals surface area contributed by atoms with Crippen LogP contribution in [0.2, 0.25) is 0 Å². The number of rotatable bonds is 12. The van der Waals surface area contributed by atoms with Gasteiger partial charge >= 0.3 is 5.97 Å². The Morgan fingerprint density at radius 1 is 1.07 bits per heavy atom. The molecule has 1 atom stereocenters. The van der Waals surface area contributed by atoms with E-state index in [1.807, 2.05) is 60.7 Å². The van der Waals surface area contributed by atoms with Crippen molar-refractivity contribution in [3.05, 3.63) is 82.2 Å². The average Bonchev–Trinajstić information content (AvgIpc) is 2.68. The van der Waals surface area contributed by atoms with Crippen molar-refractivity contribution >= 4 is 5.97 Å². The second kappa shape index (κ2) is 11.7. The standard InChI is InChI=1S/C20H24N4O3/c21-23-22-13-19(16-27-12-11-20(25)26)24(14-17-7-3-1-4-8-17)15-18-9-5-2-6-10-18/h1-10,19H,11-16H2,(H,25,26). The number of hydrogen-bond acceptors (Lipinski definition) is 4. The van der Waals surface area contributed by atoms with Gasteiger partial charge in [0.15, 0.2) is 0 Å². The number of aliphatic carboxylic acids is 1. The molecule has 1 unspecified atom stereocenters. The molecule has 0 aliphatic heterocycles. The summed E-state index contributed by atoms with van der Waals surface area (Å²) in [5.74, 6) is -0.896. The first-order valence-corrected chi connectivity index (χ1v) is 8.81. The van der Waals surface area contributed by atoms with Gasteiger partial charge in [-0.2, -0.15) is 0 Å². The molecular weight excluding hydrogens is 344 g/mol. The van der Waals surface area contributed by atoms with Gasteiger partial charge in [0.25, 0.3) is 0 Å². The van der Waals surface area contributed by atoms with Gasteiger partial charge in [-0.3, -0.25) is 9.69 Å². The summed E-state index contributed by atoms with van der Waals surface area (Å²) in [6, 6.07) is 19.9. The topological polar surface area (TPSA) is 98.5 Å². The van der Waals surface area contributed by atoms with Gasteiger partial charge in [0.2, 0.25) is 0 Å². The second-order valence-corrected chi connectivity index (χ2v) is 6.16. The van der Waals surface area contributed by atoms with Crippen LogP contribution in [0, 0.1) is 0 Å². The van der Waals surface area contributed by atoms with Gasteiger partial charge in [0.05, 0.1) is 19.6 Å². The number of benzene rings is 2. The van der Waals surface area contributed by atoms with Gasteiger partial charge in [-0.25, -0.2) is 0 Å². The average molecular weight is 368 g/mol. The maximum Gasteiger partial charge on any atom is 0.305 e. The molecular formula is C20H24N4O3. The Morgan fingerprint density at radius 2 is 1.63 bits per heavy atom. The van der Waals surface area contributed by atoms with E-state index in [9.17, 15) is 4.79 Å². The van der Waals surface area contributed by atoms with Crippen LogP contribution >= 0.6 is 0 Å². The highest BCUT2D eigenvalue weighted by atomic mass is 16.5. The maximum atomic E-state index is 10.7. The Kier molecular flexibility index (Phi) is 8.86. The van der Waals surface area contributed by atoms with E-state index in [1.165, 1.54) is 0 Å². The minimum absolute atomic E-state index is 0.0500. The molecule has 27 heavy (non-hydrogen) atoms. The lowest BCUT2D eigenvalue weighted by molar-refractivity contribution is -0.138. The smallest absolute Gasteiger partial charge is 0.305 e. The highest BCUT2D eigenvalue weighted by Gasteiger charge is 2.19. The van der Waals surface area contributed by atoms with Crippen LogP contribution in [-0.4, -0.2) is 41.8 Å². The number of hydrogen-bond donors (Lipinski definition) is 1. The SMILES string of the molecule is [N-]=[N+]=NCC(COCCC(=O)O)N(Cc1ccccc1)Cc1ccccc1. The predicted molar refractivity (Wildman–Crippen MR) is 103 cm³/mol. The lowest BCUT2D eigenvalue weighted by Gasteiger charge is -2.31. The molecule has 7 nitrogen and oxygen atoms in total. The van der Waals surface area contributed by atoms with Crippen LogP contribution in [0.5, 0.6) is 0 Å². The van der Waals surface area contributed by atoms with Crippen molar-refractivity contribution in [2.24, 2.45) is 5.11 Å².